The molecule has 4 rings (SSSR count). The molecule has 6 nitrogen and oxygen atoms in total. The van der Waals surface area contributed by atoms with Gasteiger partial charge in [0, 0.05) is 23.2 Å². The van der Waals surface area contributed by atoms with Crippen molar-refractivity contribution in [1.29, 1.82) is 0 Å². The number of hydrogen-bond acceptors (Lipinski definition) is 5. The highest BCUT2D eigenvalue weighted by molar-refractivity contribution is 8.00. The van der Waals surface area contributed by atoms with E-state index in [1.54, 1.807) is 24.3 Å². The Morgan fingerprint density at radius 1 is 1.23 bits per heavy atom. The van der Waals surface area contributed by atoms with Gasteiger partial charge in [0.1, 0.15) is 5.82 Å². The van der Waals surface area contributed by atoms with Crippen molar-refractivity contribution in [2.45, 2.75) is 61.9 Å². The van der Waals surface area contributed by atoms with Crippen LogP contribution in [0.25, 0.3) is 0 Å². The number of ketones is 1. The number of nitrogens with zero attached hydrogens (tertiary/aromatic N) is 3. The van der Waals surface area contributed by atoms with Gasteiger partial charge >= 0.3 is 0 Å². The van der Waals surface area contributed by atoms with E-state index in [2.05, 4.69) is 20.1 Å². The fraction of sp³-hybridized carbons (Fsp3) is 0.474. The second-order valence-corrected chi connectivity index (χ2v) is 8.41. The summed E-state index contributed by atoms with van der Waals surface area (Å²) >= 11 is 1.45. The van der Waals surface area contributed by atoms with Gasteiger partial charge in [-0.1, -0.05) is 23.9 Å². The van der Waals surface area contributed by atoms with E-state index >= 15 is 0 Å². The molecule has 0 saturated heterocycles. The predicted octanol–water partition coefficient (Wildman–Crippen LogP) is 3.81. The van der Waals surface area contributed by atoms with Gasteiger partial charge in [-0.25, -0.2) is 0 Å². The molecular formula is C19H22N4O2S. The number of carbonyl (C=O) groups is 2. The highest BCUT2D eigenvalue weighted by atomic mass is 32.2. The lowest BCUT2D eigenvalue weighted by atomic mass is 10.1. The molecule has 1 atom stereocenters. The number of amides is 1. The number of carbonyl (C=O) groups excluding carboxylic acids is 2. The predicted molar refractivity (Wildman–Crippen MR) is 101 cm³/mol. The Morgan fingerprint density at radius 3 is 2.65 bits per heavy atom. The maximum Gasteiger partial charge on any atom is 0.237 e. The van der Waals surface area contributed by atoms with Gasteiger partial charge in [0.15, 0.2) is 10.9 Å². The first-order valence-electron chi connectivity index (χ1n) is 9.06. The van der Waals surface area contributed by atoms with Crippen molar-refractivity contribution in [3.8, 4) is 0 Å². The Hall–Kier alpha value is -2.15. The van der Waals surface area contributed by atoms with Crippen molar-refractivity contribution >= 4 is 29.1 Å². The van der Waals surface area contributed by atoms with Crippen molar-refractivity contribution < 1.29 is 9.59 Å². The van der Waals surface area contributed by atoms with Gasteiger partial charge in [0.05, 0.1) is 5.25 Å². The molecule has 0 bridgehead atoms. The Kier molecular flexibility index (Phi) is 4.56. The van der Waals surface area contributed by atoms with Crippen molar-refractivity contribution in [3.63, 3.8) is 0 Å². The second-order valence-electron chi connectivity index (χ2n) is 7.10. The van der Waals surface area contributed by atoms with E-state index < -0.39 is 0 Å². The molecule has 1 aromatic heterocycles. The van der Waals surface area contributed by atoms with Crippen molar-refractivity contribution in [3.05, 3.63) is 35.7 Å². The number of nitrogens with one attached hydrogen (secondary N) is 1. The quantitative estimate of drug-likeness (QED) is 0.592. The average Bonchev–Trinajstić information content (AvgIpc) is 3.54. The van der Waals surface area contributed by atoms with Crippen LogP contribution in [-0.4, -0.2) is 31.7 Å². The molecule has 2 saturated carbocycles. The molecule has 2 aliphatic rings. The van der Waals surface area contributed by atoms with Crippen LogP contribution in [0, 0.1) is 0 Å². The van der Waals surface area contributed by atoms with Crippen LogP contribution in [0.1, 0.15) is 67.7 Å². The zero-order chi connectivity index (χ0) is 18.3. The molecule has 136 valence electrons. The molecule has 1 amide bonds. The van der Waals surface area contributed by atoms with Crippen molar-refractivity contribution in [2.75, 3.05) is 5.32 Å². The summed E-state index contributed by atoms with van der Waals surface area (Å²) in [5.74, 6) is 1.52. The monoisotopic (exact) mass is 370 g/mol. The Balaban J connectivity index is 1.45. The van der Waals surface area contributed by atoms with Crippen LogP contribution in [0.3, 0.4) is 0 Å². The van der Waals surface area contributed by atoms with E-state index in [9.17, 15) is 9.59 Å². The molecule has 1 aromatic carbocycles. The van der Waals surface area contributed by atoms with Crippen LogP contribution < -0.4 is 5.32 Å². The maximum absolute atomic E-state index is 12.6. The summed E-state index contributed by atoms with van der Waals surface area (Å²) in [6.45, 7) is 3.39. The summed E-state index contributed by atoms with van der Waals surface area (Å²) in [7, 11) is 0. The molecule has 26 heavy (non-hydrogen) atoms. The first-order valence-corrected chi connectivity index (χ1v) is 9.94. The van der Waals surface area contributed by atoms with Gasteiger partial charge in [-0.05, 0) is 51.7 Å². The van der Waals surface area contributed by atoms with E-state index in [4.69, 9.17) is 0 Å². The average molecular weight is 370 g/mol. The molecule has 0 radical (unpaired) electrons. The van der Waals surface area contributed by atoms with Gasteiger partial charge in [-0.2, -0.15) is 0 Å². The van der Waals surface area contributed by atoms with Gasteiger partial charge < -0.3 is 9.88 Å². The number of rotatable bonds is 7. The molecule has 1 heterocycles. The highest BCUT2D eigenvalue weighted by Crippen LogP contribution is 2.46. The zero-order valence-electron chi connectivity index (χ0n) is 14.9. The van der Waals surface area contributed by atoms with Crippen LogP contribution in [-0.2, 0) is 4.79 Å². The third-order valence-electron chi connectivity index (χ3n) is 4.73. The van der Waals surface area contributed by atoms with Crippen LogP contribution in [0.4, 0.5) is 5.69 Å². The lowest BCUT2D eigenvalue weighted by Gasteiger charge is -2.13. The number of Topliss-reactive ketones (excluding diaryl/α,β-unsaturated/α-hetero) is 1. The maximum atomic E-state index is 12.6. The second kappa shape index (κ2) is 6.87. The van der Waals surface area contributed by atoms with Crippen LogP contribution in [0.5, 0.6) is 0 Å². The lowest BCUT2D eigenvalue weighted by molar-refractivity contribution is -0.115. The highest BCUT2D eigenvalue weighted by Gasteiger charge is 2.37. The third-order valence-corrected chi connectivity index (χ3v) is 5.79. The molecule has 2 aromatic rings. The number of anilines is 1. The molecule has 0 spiro atoms. The topological polar surface area (TPSA) is 76.9 Å². The Bertz CT molecular complexity index is 855. The number of aromatic nitrogens is 3. The summed E-state index contributed by atoms with van der Waals surface area (Å²) in [6, 6.07) is 7.52. The summed E-state index contributed by atoms with van der Waals surface area (Å²) in [4.78, 5) is 24.1. The summed E-state index contributed by atoms with van der Waals surface area (Å²) in [5.41, 5.74) is 1.23. The third kappa shape index (κ3) is 3.67. The van der Waals surface area contributed by atoms with Crippen molar-refractivity contribution in [2.24, 2.45) is 0 Å². The normalized spacial score (nSPS) is 17.8. The minimum atomic E-state index is -0.301. The molecule has 2 fully saturated rings. The Labute approximate surface area is 156 Å². The number of thioether (sulfide) groups is 1. The molecular weight excluding hydrogens is 348 g/mol. The summed E-state index contributed by atoms with van der Waals surface area (Å²) in [6.07, 6.45) is 4.73. The van der Waals surface area contributed by atoms with Gasteiger partial charge in [0.25, 0.3) is 0 Å². The number of benzene rings is 1. The van der Waals surface area contributed by atoms with Gasteiger partial charge in [0.2, 0.25) is 5.91 Å². The van der Waals surface area contributed by atoms with Gasteiger partial charge in [-0.3, -0.25) is 9.59 Å². The lowest BCUT2D eigenvalue weighted by Crippen LogP contribution is -2.23. The standard InChI is InChI=1S/C19H22N4O2S/c1-11(24)14-4-3-5-15(10-14)20-18(25)12(2)26-19-22-21-17(13-6-7-13)23(19)16-8-9-16/h3-5,10,12-13,16H,6-9H2,1-2H3,(H,20,25). The van der Waals surface area contributed by atoms with E-state index in [1.807, 2.05) is 6.92 Å². The van der Waals surface area contributed by atoms with E-state index in [0.29, 0.717) is 23.2 Å². The molecule has 1 unspecified atom stereocenters. The smallest absolute Gasteiger partial charge is 0.237 e. The SMILES string of the molecule is CC(=O)c1cccc(NC(=O)C(C)Sc2nnc(C3CC3)n2C2CC2)c1. The molecule has 1 N–H and O–H groups in total. The minimum absolute atomic E-state index is 0.0198. The summed E-state index contributed by atoms with van der Waals surface area (Å²) < 4.78 is 2.25. The Morgan fingerprint density at radius 2 is 2.00 bits per heavy atom. The zero-order valence-corrected chi connectivity index (χ0v) is 15.8. The van der Waals surface area contributed by atoms with Gasteiger partial charge in [-0.15, -0.1) is 10.2 Å². The minimum Gasteiger partial charge on any atom is -0.325 e. The fourth-order valence-corrected chi connectivity index (χ4v) is 3.86. The number of hydrogen-bond donors (Lipinski definition) is 1. The first kappa shape index (κ1) is 17.3. The molecule has 2 aliphatic carbocycles. The fourth-order valence-electron chi connectivity index (χ4n) is 2.94. The van der Waals surface area contributed by atoms with E-state index in [1.165, 1.54) is 44.4 Å². The molecule has 0 aliphatic heterocycles. The van der Waals surface area contributed by atoms with Crippen LogP contribution >= 0.6 is 11.8 Å². The van der Waals surface area contributed by atoms with Crippen LogP contribution in [0.15, 0.2) is 29.4 Å². The van der Waals surface area contributed by atoms with E-state index in [0.717, 1.165) is 11.0 Å². The van der Waals surface area contributed by atoms with Crippen molar-refractivity contribution in [1.82, 2.24) is 14.8 Å². The molecule has 7 heteroatoms. The largest absolute Gasteiger partial charge is 0.325 e. The van der Waals surface area contributed by atoms with E-state index in [-0.39, 0.29) is 16.9 Å². The summed E-state index contributed by atoms with van der Waals surface area (Å²) in [5, 5.41) is 12.2. The van der Waals surface area contributed by atoms with Crippen LogP contribution in [0.2, 0.25) is 0 Å². The first-order chi connectivity index (χ1) is 12.5.